The van der Waals surface area contributed by atoms with E-state index in [1.54, 1.807) is 12.1 Å². The van der Waals surface area contributed by atoms with Gasteiger partial charge in [-0.15, -0.1) is 11.3 Å². The molecule has 1 aromatic carbocycles. The maximum Gasteiger partial charge on any atom is 0.288 e. The van der Waals surface area contributed by atoms with E-state index in [-0.39, 0.29) is 38.3 Å². The fraction of sp³-hybridized carbons (Fsp3) is 0.308. The molecule has 0 atom stereocenters. The van der Waals surface area contributed by atoms with Gasteiger partial charge < -0.3 is 25.0 Å². The molecule has 1 fully saturated rings. The number of methoxy groups -OCH3 is 1. The molecule has 1 aliphatic rings. The first kappa shape index (κ1) is 28.9. The zero-order valence-electron chi connectivity index (χ0n) is 21.6. The number of carbonyl (C=O) groups excluding carboxylic acids is 2. The van der Waals surface area contributed by atoms with Gasteiger partial charge in [-0.1, -0.05) is 34.8 Å². The van der Waals surface area contributed by atoms with Crippen LogP contribution in [-0.4, -0.2) is 53.5 Å². The first-order valence-electron chi connectivity index (χ1n) is 11.9. The quantitative estimate of drug-likeness (QED) is 0.298. The van der Waals surface area contributed by atoms with Gasteiger partial charge >= 0.3 is 0 Å². The Balaban J connectivity index is 1.58. The van der Waals surface area contributed by atoms with Crippen molar-refractivity contribution in [1.82, 2.24) is 9.88 Å². The zero-order valence-corrected chi connectivity index (χ0v) is 24.7. The van der Waals surface area contributed by atoms with Crippen LogP contribution in [0.2, 0.25) is 15.1 Å². The van der Waals surface area contributed by atoms with Gasteiger partial charge in [0.05, 0.1) is 35.0 Å². The van der Waals surface area contributed by atoms with Crippen LogP contribution >= 0.6 is 46.1 Å². The lowest BCUT2D eigenvalue weighted by molar-refractivity contribution is 0.102. The van der Waals surface area contributed by atoms with Crippen molar-refractivity contribution >= 4 is 75.5 Å². The highest BCUT2D eigenvalue weighted by atomic mass is 35.5. The molecule has 3 aromatic rings. The molecule has 206 valence electrons. The van der Waals surface area contributed by atoms with Gasteiger partial charge in [0.1, 0.15) is 22.0 Å². The Morgan fingerprint density at radius 3 is 2.62 bits per heavy atom. The molecule has 0 unspecified atom stereocenters. The monoisotopic (exact) mass is 609 g/mol. The van der Waals surface area contributed by atoms with Crippen LogP contribution < -0.4 is 15.4 Å². The van der Waals surface area contributed by atoms with Gasteiger partial charge in [-0.2, -0.15) is 0 Å². The fourth-order valence-corrected chi connectivity index (χ4v) is 5.53. The number of benzene rings is 1. The molecule has 9 nitrogen and oxygen atoms in total. The van der Waals surface area contributed by atoms with Gasteiger partial charge in [-0.25, -0.2) is 9.98 Å². The highest BCUT2D eigenvalue weighted by Crippen LogP contribution is 2.36. The lowest BCUT2D eigenvalue weighted by Gasteiger charge is -2.17. The summed E-state index contributed by atoms with van der Waals surface area (Å²) in [5.74, 6) is -0.587. The van der Waals surface area contributed by atoms with Crippen molar-refractivity contribution in [1.29, 1.82) is 0 Å². The highest BCUT2D eigenvalue weighted by molar-refractivity contribution is 7.13. The lowest BCUT2D eigenvalue weighted by Crippen LogP contribution is -2.28. The summed E-state index contributed by atoms with van der Waals surface area (Å²) in [5, 5.41) is 8.25. The summed E-state index contributed by atoms with van der Waals surface area (Å²) in [4.78, 5) is 37.3. The number of nitrogens with zero attached hydrogens (tertiary/aromatic N) is 3. The molecule has 3 heterocycles. The van der Waals surface area contributed by atoms with Crippen LogP contribution in [0.15, 0.2) is 40.8 Å². The summed E-state index contributed by atoms with van der Waals surface area (Å²) in [6.45, 7) is 7.55. The normalized spacial score (nSPS) is 15.3. The van der Waals surface area contributed by atoms with Crippen molar-refractivity contribution in [3.63, 3.8) is 0 Å². The smallest absolute Gasteiger partial charge is 0.288 e. The van der Waals surface area contributed by atoms with Gasteiger partial charge in [0, 0.05) is 35.9 Å². The van der Waals surface area contributed by atoms with Crippen molar-refractivity contribution in [2.75, 3.05) is 30.8 Å². The second kappa shape index (κ2) is 12.0. The number of hydrogen-bond donors (Lipinski definition) is 2. The zero-order chi connectivity index (χ0) is 28.3. The Labute approximate surface area is 245 Å². The predicted molar refractivity (Wildman–Crippen MR) is 156 cm³/mol. The van der Waals surface area contributed by atoms with Crippen molar-refractivity contribution < 1.29 is 19.1 Å². The number of carbonyl (C=O) groups is 2. The number of pyridine rings is 1. The van der Waals surface area contributed by atoms with Gasteiger partial charge in [0.2, 0.25) is 0 Å². The molecule has 2 amide bonds. The number of aromatic nitrogens is 1. The summed E-state index contributed by atoms with van der Waals surface area (Å²) >= 11 is 20.0. The molecule has 0 radical (unpaired) electrons. The summed E-state index contributed by atoms with van der Waals surface area (Å²) in [7, 11) is 1.41. The average molecular weight is 611 g/mol. The standard InChI is InChI=1S/C26H26Cl3N5O4S/c1-5-30-25-34(13-26(2,3)38-25)11-14-12-39-22(20(14)29)24(36)33-21-17(8-16(28)9-18(21)37-4)23(35)32-19-7-6-15(27)10-31-19/h6-10,12H,5,11,13H2,1-4H3,(H,33,36)(H,31,32,35). The van der Waals surface area contributed by atoms with Crippen molar-refractivity contribution in [2.45, 2.75) is 32.9 Å². The van der Waals surface area contributed by atoms with Gasteiger partial charge in [-0.05, 0) is 44.4 Å². The number of amides is 2. The third kappa shape index (κ3) is 6.75. The molecular weight excluding hydrogens is 585 g/mol. The Hall–Kier alpha value is -3.05. The predicted octanol–water partition coefficient (Wildman–Crippen LogP) is 6.60. The number of aliphatic imine (C=N–C) groups is 1. The maximum absolute atomic E-state index is 13.4. The molecule has 2 N–H and O–H groups in total. The van der Waals surface area contributed by atoms with Gasteiger partial charge in [0.25, 0.3) is 17.8 Å². The van der Waals surface area contributed by atoms with E-state index in [4.69, 9.17) is 44.3 Å². The third-order valence-corrected chi connectivity index (χ3v) is 7.62. The third-order valence-electron chi connectivity index (χ3n) is 5.61. The van der Waals surface area contributed by atoms with Crippen LogP contribution in [0.25, 0.3) is 0 Å². The van der Waals surface area contributed by atoms with Gasteiger partial charge in [0.15, 0.2) is 0 Å². The number of halogens is 3. The maximum atomic E-state index is 13.4. The van der Waals surface area contributed by atoms with E-state index in [1.165, 1.54) is 36.8 Å². The minimum absolute atomic E-state index is 0.0780. The van der Waals surface area contributed by atoms with Crippen LogP contribution in [0.3, 0.4) is 0 Å². The molecule has 13 heteroatoms. The first-order valence-corrected chi connectivity index (χ1v) is 13.9. The first-order chi connectivity index (χ1) is 18.5. The van der Waals surface area contributed by atoms with E-state index in [0.717, 1.165) is 5.56 Å². The van der Waals surface area contributed by atoms with E-state index in [0.29, 0.717) is 35.7 Å². The largest absolute Gasteiger partial charge is 0.494 e. The minimum Gasteiger partial charge on any atom is -0.494 e. The Kier molecular flexibility index (Phi) is 8.90. The number of ether oxygens (including phenoxy) is 2. The van der Waals surface area contributed by atoms with Gasteiger partial charge in [-0.3, -0.25) is 9.59 Å². The summed E-state index contributed by atoms with van der Waals surface area (Å²) in [6.07, 6.45) is 1.40. The Morgan fingerprint density at radius 1 is 1.18 bits per heavy atom. The molecule has 0 bridgehead atoms. The van der Waals surface area contributed by atoms with Crippen LogP contribution in [0.5, 0.6) is 5.75 Å². The second-order valence-corrected chi connectivity index (χ2v) is 11.3. The molecule has 39 heavy (non-hydrogen) atoms. The summed E-state index contributed by atoms with van der Waals surface area (Å²) < 4.78 is 11.4. The second-order valence-electron chi connectivity index (χ2n) is 9.18. The Bertz CT molecular complexity index is 1430. The van der Waals surface area contributed by atoms with Crippen LogP contribution in [0, 0.1) is 0 Å². The van der Waals surface area contributed by atoms with Crippen LogP contribution in [-0.2, 0) is 11.3 Å². The molecule has 0 aliphatic carbocycles. The van der Waals surface area contributed by atoms with Crippen LogP contribution in [0.4, 0.5) is 11.5 Å². The molecule has 4 rings (SSSR count). The number of amidine groups is 1. The SMILES string of the molecule is CCN=C1OC(C)(C)CN1Cc1csc(C(=O)Nc2c(OC)cc(Cl)cc2C(=O)Nc2ccc(Cl)cn2)c1Cl. The molecule has 0 spiro atoms. The number of hydrogen-bond acceptors (Lipinski definition) is 7. The summed E-state index contributed by atoms with van der Waals surface area (Å²) in [5.41, 5.74) is 0.581. The Morgan fingerprint density at radius 2 is 1.95 bits per heavy atom. The molecule has 0 saturated carbocycles. The average Bonchev–Trinajstić information content (AvgIpc) is 3.39. The van der Waals surface area contributed by atoms with E-state index in [1.807, 2.05) is 31.1 Å². The van der Waals surface area contributed by atoms with Crippen LogP contribution in [0.1, 0.15) is 46.4 Å². The number of anilines is 2. The highest BCUT2D eigenvalue weighted by Gasteiger charge is 2.36. The minimum atomic E-state index is -0.557. The fourth-order valence-electron chi connectivity index (χ4n) is 3.96. The molecule has 1 aliphatic heterocycles. The number of thiophene rings is 1. The van der Waals surface area contributed by atoms with Crippen molar-refractivity contribution in [3.8, 4) is 5.75 Å². The van der Waals surface area contributed by atoms with E-state index in [9.17, 15) is 9.59 Å². The number of nitrogens with one attached hydrogen (secondary N) is 2. The van der Waals surface area contributed by atoms with Crippen molar-refractivity contribution in [3.05, 3.63) is 66.9 Å². The molecule has 1 saturated heterocycles. The molecular formula is C26H26Cl3N5O4S. The number of rotatable bonds is 8. The van der Waals surface area contributed by atoms with Crippen molar-refractivity contribution in [2.24, 2.45) is 4.99 Å². The van der Waals surface area contributed by atoms with E-state index < -0.39 is 11.8 Å². The lowest BCUT2D eigenvalue weighted by atomic mass is 10.1. The molecule has 2 aromatic heterocycles. The van der Waals surface area contributed by atoms with E-state index >= 15 is 0 Å². The summed E-state index contributed by atoms with van der Waals surface area (Å²) in [6, 6.07) is 6.62. The van der Waals surface area contributed by atoms with E-state index in [2.05, 4.69) is 20.6 Å². The topological polar surface area (TPSA) is 105 Å².